The summed E-state index contributed by atoms with van der Waals surface area (Å²) < 4.78 is 47.0. The number of rotatable bonds is 5. The van der Waals surface area contributed by atoms with E-state index in [-0.39, 0.29) is 11.5 Å². The normalized spacial score (nSPS) is 11.5. The van der Waals surface area contributed by atoms with Gasteiger partial charge in [-0.25, -0.2) is 13.4 Å². The molecule has 0 fully saturated rings. The first-order valence-corrected chi connectivity index (χ1v) is 8.30. The first-order chi connectivity index (χ1) is 10.8. The Labute approximate surface area is 132 Å². The highest BCUT2D eigenvalue weighted by molar-refractivity contribution is 7.90. The Balaban J connectivity index is 2.15. The maximum absolute atomic E-state index is 12.3. The van der Waals surface area contributed by atoms with Crippen molar-refractivity contribution in [1.29, 1.82) is 0 Å². The van der Waals surface area contributed by atoms with Crippen LogP contribution in [-0.2, 0) is 15.6 Å². The van der Waals surface area contributed by atoms with Gasteiger partial charge in [0.2, 0.25) is 9.84 Å². The van der Waals surface area contributed by atoms with Gasteiger partial charge in [-0.3, -0.25) is 9.69 Å². The highest BCUT2D eigenvalue weighted by atomic mass is 32.2. The molecule has 0 saturated carbocycles. The Bertz CT molecular complexity index is 778. The summed E-state index contributed by atoms with van der Waals surface area (Å²) in [6.07, 6.45) is 1.55. The Kier molecular flexibility index (Phi) is 5.05. The lowest BCUT2D eigenvalue weighted by atomic mass is 10.1. The predicted molar refractivity (Wildman–Crippen MR) is 82.0 cm³/mol. The fourth-order valence-electron chi connectivity index (χ4n) is 1.89. The van der Waals surface area contributed by atoms with Gasteiger partial charge in [0.1, 0.15) is 5.82 Å². The number of aromatic nitrogens is 1. The molecule has 8 heteroatoms. The number of amides is 1. The SMILES string of the molecule is CN(C(=O)c1ccc(CS(=O)(=O)C(F)F)cc1)c1ccccn1. The molecule has 0 bridgehead atoms. The summed E-state index contributed by atoms with van der Waals surface area (Å²) in [5.74, 6) is -4.07. The van der Waals surface area contributed by atoms with E-state index in [1.165, 1.54) is 29.2 Å². The van der Waals surface area contributed by atoms with Gasteiger partial charge in [0.15, 0.2) is 0 Å². The van der Waals surface area contributed by atoms with Gasteiger partial charge in [0, 0.05) is 18.8 Å². The number of carbonyl (C=O) groups excluding carboxylic acids is 1. The number of pyridine rings is 1. The summed E-state index contributed by atoms with van der Waals surface area (Å²) in [5, 5.41) is 0. The summed E-state index contributed by atoms with van der Waals surface area (Å²) in [4.78, 5) is 17.7. The van der Waals surface area contributed by atoms with Gasteiger partial charge in [-0.1, -0.05) is 18.2 Å². The number of benzene rings is 1. The van der Waals surface area contributed by atoms with Crippen LogP contribution < -0.4 is 4.90 Å². The number of carbonyl (C=O) groups is 1. The van der Waals surface area contributed by atoms with Crippen molar-refractivity contribution in [1.82, 2.24) is 4.98 Å². The summed E-state index contributed by atoms with van der Waals surface area (Å²) in [7, 11) is -2.93. The van der Waals surface area contributed by atoms with Gasteiger partial charge in [0.05, 0.1) is 5.75 Å². The molecule has 2 rings (SSSR count). The number of nitrogens with zero attached hydrogens (tertiary/aromatic N) is 2. The number of anilines is 1. The van der Waals surface area contributed by atoms with Crippen molar-refractivity contribution >= 4 is 21.6 Å². The summed E-state index contributed by atoms with van der Waals surface area (Å²) in [6.45, 7) is 0. The van der Waals surface area contributed by atoms with Crippen molar-refractivity contribution in [3.63, 3.8) is 0 Å². The Hall–Kier alpha value is -2.35. The molecule has 0 unspecified atom stereocenters. The van der Waals surface area contributed by atoms with Crippen LogP contribution in [0.2, 0.25) is 0 Å². The maximum Gasteiger partial charge on any atom is 0.337 e. The van der Waals surface area contributed by atoms with E-state index in [9.17, 15) is 22.0 Å². The average molecular weight is 340 g/mol. The van der Waals surface area contributed by atoms with E-state index < -0.39 is 21.3 Å². The number of alkyl halides is 2. The molecule has 2 aromatic rings. The van der Waals surface area contributed by atoms with Crippen LogP contribution in [0.5, 0.6) is 0 Å². The van der Waals surface area contributed by atoms with Crippen molar-refractivity contribution in [2.75, 3.05) is 11.9 Å². The molecule has 1 aromatic carbocycles. The molecule has 5 nitrogen and oxygen atoms in total. The second-order valence-electron chi connectivity index (χ2n) is 4.82. The third-order valence-electron chi connectivity index (χ3n) is 3.14. The van der Waals surface area contributed by atoms with E-state index in [0.717, 1.165) is 0 Å². The molecule has 0 N–H and O–H groups in total. The lowest BCUT2D eigenvalue weighted by Gasteiger charge is -2.16. The van der Waals surface area contributed by atoms with Crippen molar-refractivity contribution in [2.45, 2.75) is 11.5 Å². The molecule has 0 radical (unpaired) electrons. The first kappa shape index (κ1) is 17.0. The quantitative estimate of drug-likeness (QED) is 0.839. The minimum Gasteiger partial charge on any atom is -0.296 e. The highest BCUT2D eigenvalue weighted by Gasteiger charge is 2.24. The van der Waals surface area contributed by atoms with Gasteiger partial charge in [-0.15, -0.1) is 0 Å². The van der Waals surface area contributed by atoms with Gasteiger partial charge in [-0.05, 0) is 29.8 Å². The Morgan fingerprint density at radius 2 is 1.83 bits per heavy atom. The van der Waals surface area contributed by atoms with Gasteiger partial charge in [0.25, 0.3) is 5.91 Å². The second-order valence-corrected chi connectivity index (χ2v) is 6.79. The van der Waals surface area contributed by atoms with Crippen LogP contribution in [0.4, 0.5) is 14.6 Å². The van der Waals surface area contributed by atoms with Crippen LogP contribution >= 0.6 is 0 Å². The van der Waals surface area contributed by atoms with E-state index in [0.29, 0.717) is 11.4 Å². The maximum atomic E-state index is 12.3. The summed E-state index contributed by atoms with van der Waals surface area (Å²) in [6, 6.07) is 10.6. The van der Waals surface area contributed by atoms with Crippen molar-refractivity contribution in [2.24, 2.45) is 0 Å². The molecule has 122 valence electrons. The molecular formula is C15H14F2N2O3S. The smallest absolute Gasteiger partial charge is 0.296 e. The molecule has 1 aromatic heterocycles. The zero-order valence-electron chi connectivity index (χ0n) is 12.2. The van der Waals surface area contributed by atoms with Crippen LogP contribution in [0, 0.1) is 0 Å². The Morgan fingerprint density at radius 3 is 2.35 bits per heavy atom. The summed E-state index contributed by atoms with van der Waals surface area (Å²) >= 11 is 0. The number of halogens is 2. The minimum atomic E-state index is -4.48. The summed E-state index contributed by atoms with van der Waals surface area (Å²) in [5.41, 5.74) is 0.499. The molecule has 0 saturated heterocycles. The van der Waals surface area contributed by atoms with Gasteiger partial charge >= 0.3 is 5.76 Å². The molecular weight excluding hydrogens is 326 g/mol. The zero-order valence-corrected chi connectivity index (χ0v) is 13.0. The Morgan fingerprint density at radius 1 is 1.17 bits per heavy atom. The highest BCUT2D eigenvalue weighted by Crippen LogP contribution is 2.16. The van der Waals surface area contributed by atoms with Crippen molar-refractivity contribution < 1.29 is 22.0 Å². The minimum absolute atomic E-state index is 0.197. The molecule has 1 heterocycles. The molecule has 0 atom stereocenters. The molecule has 1 amide bonds. The van der Waals surface area contributed by atoms with Crippen LogP contribution in [0.1, 0.15) is 15.9 Å². The van der Waals surface area contributed by atoms with E-state index >= 15 is 0 Å². The fraction of sp³-hybridized carbons (Fsp3) is 0.200. The van der Waals surface area contributed by atoms with Crippen molar-refractivity contribution in [3.05, 3.63) is 59.8 Å². The molecule has 0 spiro atoms. The monoisotopic (exact) mass is 340 g/mol. The molecule has 0 aliphatic rings. The topological polar surface area (TPSA) is 67.3 Å². The van der Waals surface area contributed by atoms with Crippen LogP contribution in [0.3, 0.4) is 0 Å². The van der Waals surface area contributed by atoms with E-state index in [4.69, 9.17) is 0 Å². The lowest BCUT2D eigenvalue weighted by molar-refractivity contribution is 0.0992. The predicted octanol–water partition coefficient (Wildman–Crippen LogP) is 2.50. The van der Waals surface area contributed by atoms with Crippen molar-refractivity contribution in [3.8, 4) is 0 Å². The van der Waals surface area contributed by atoms with Crippen LogP contribution in [-0.4, -0.2) is 32.1 Å². The van der Waals surface area contributed by atoms with E-state index in [1.54, 1.807) is 31.4 Å². The number of hydrogen-bond donors (Lipinski definition) is 0. The number of sulfone groups is 1. The van der Waals surface area contributed by atoms with Gasteiger partial charge in [-0.2, -0.15) is 8.78 Å². The molecule has 23 heavy (non-hydrogen) atoms. The average Bonchev–Trinajstić information content (AvgIpc) is 2.54. The molecule has 0 aliphatic heterocycles. The standard InChI is InChI=1S/C15H14F2N2O3S/c1-19(13-4-2-3-9-18-13)14(20)12-7-5-11(6-8-12)10-23(21,22)15(16)17/h2-9,15H,10H2,1H3. The first-order valence-electron chi connectivity index (χ1n) is 6.59. The third kappa shape index (κ3) is 4.10. The van der Waals surface area contributed by atoms with E-state index in [2.05, 4.69) is 4.98 Å². The number of hydrogen-bond acceptors (Lipinski definition) is 4. The lowest BCUT2D eigenvalue weighted by Crippen LogP contribution is -2.27. The van der Waals surface area contributed by atoms with Crippen LogP contribution in [0.25, 0.3) is 0 Å². The molecule has 0 aliphatic carbocycles. The largest absolute Gasteiger partial charge is 0.337 e. The van der Waals surface area contributed by atoms with E-state index in [1.807, 2.05) is 0 Å². The third-order valence-corrected chi connectivity index (χ3v) is 4.42. The fourth-order valence-corrected chi connectivity index (χ4v) is 2.67. The van der Waals surface area contributed by atoms with Crippen LogP contribution in [0.15, 0.2) is 48.7 Å². The zero-order chi connectivity index (χ0) is 17.0. The van der Waals surface area contributed by atoms with Gasteiger partial charge < -0.3 is 0 Å². The second kappa shape index (κ2) is 6.82.